The van der Waals surface area contributed by atoms with Crippen molar-refractivity contribution in [2.45, 2.75) is 32.1 Å². The van der Waals surface area contributed by atoms with Crippen LogP contribution in [-0.2, 0) is 16.0 Å². The van der Waals surface area contributed by atoms with Gasteiger partial charge in [0.05, 0.1) is 0 Å². The molecule has 2 amide bonds. The van der Waals surface area contributed by atoms with Crippen LogP contribution in [0.5, 0.6) is 0 Å². The number of nitrogens with zero attached hydrogens (tertiary/aromatic N) is 3. The highest BCUT2D eigenvalue weighted by molar-refractivity contribution is 5.82. The highest BCUT2D eigenvalue weighted by Gasteiger charge is 2.37. The first-order valence-electron chi connectivity index (χ1n) is 10.5. The van der Waals surface area contributed by atoms with Crippen LogP contribution in [-0.4, -0.2) is 72.3 Å². The molecule has 1 aromatic carbocycles. The number of carbonyl (C=O) groups excluding carboxylic acids is 2. The zero-order valence-electron chi connectivity index (χ0n) is 16.2. The fourth-order valence-corrected chi connectivity index (χ4v) is 4.32. The first kappa shape index (κ1) is 18.5. The van der Waals surface area contributed by atoms with Crippen LogP contribution in [0, 0.1) is 11.8 Å². The molecule has 4 rings (SSSR count). The largest absolute Gasteiger partial charge is 0.342 e. The molecule has 0 N–H and O–H groups in total. The number of hydrogen-bond donors (Lipinski definition) is 0. The molecule has 0 bridgehead atoms. The van der Waals surface area contributed by atoms with E-state index in [1.165, 1.54) is 5.56 Å². The molecule has 0 spiro atoms. The lowest BCUT2D eigenvalue weighted by atomic mass is 9.94. The van der Waals surface area contributed by atoms with Crippen molar-refractivity contribution in [3.63, 3.8) is 0 Å². The smallest absolute Gasteiger partial charge is 0.225 e. The Kier molecular flexibility index (Phi) is 5.77. The number of hydrogen-bond acceptors (Lipinski definition) is 3. The summed E-state index contributed by atoms with van der Waals surface area (Å²) in [4.78, 5) is 31.5. The molecule has 0 unspecified atom stereocenters. The van der Waals surface area contributed by atoms with Crippen molar-refractivity contribution in [3.05, 3.63) is 35.9 Å². The summed E-state index contributed by atoms with van der Waals surface area (Å²) < 4.78 is 0. The van der Waals surface area contributed by atoms with Crippen molar-refractivity contribution in [2.24, 2.45) is 11.8 Å². The fraction of sp³-hybridized carbons (Fsp3) is 0.636. The predicted octanol–water partition coefficient (Wildman–Crippen LogP) is 2.02. The second kappa shape index (κ2) is 8.42. The van der Waals surface area contributed by atoms with Gasteiger partial charge in [-0.3, -0.25) is 14.5 Å². The molecular weight excluding hydrogens is 338 g/mol. The predicted molar refractivity (Wildman–Crippen MR) is 105 cm³/mol. The van der Waals surface area contributed by atoms with Gasteiger partial charge in [0.15, 0.2) is 0 Å². The number of likely N-dealkylation sites (tertiary alicyclic amines) is 1. The van der Waals surface area contributed by atoms with Gasteiger partial charge in [-0.1, -0.05) is 30.3 Å². The zero-order valence-corrected chi connectivity index (χ0v) is 16.2. The van der Waals surface area contributed by atoms with Gasteiger partial charge in [0.1, 0.15) is 0 Å². The number of amides is 2. The maximum Gasteiger partial charge on any atom is 0.225 e. The minimum absolute atomic E-state index is 0.115. The first-order chi connectivity index (χ1) is 13.2. The quantitative estimate of drug-likeness (QED) is 0.798. The first-order valence-corrected chi connectivity index (χ1v) is 10.5. The molecule has 1 aliphatic carbocycles. The summed E-state index contributed by atoms with van der Waals surface area (Å²) in [5.41, 5.74) is 1.38. The number of carbonyl (C=O) groups is 2. The zero-order chi connectivity index (χ0) is 18.6. The Morgan fingerprint density at radius 2 is 1.30 bits per heavy atom. The number of piperazine rings is 1. The third-order valence-corrected chi connectivity index (χ3v) is 6.33. The Hall–Kier alpha value is -1.88. The van der Waals surface area contributed by atoms with E-state index in [1.807, 2.05) is 4.90 Å². The van der Waals surface area contributed by atoms with E-state index in [9.17, 15) is 9.59 Å². The standard InChI is InChI=1S/C22H31N3O2/c26-21(19-6-7-19)24-12-9-20(10-13-24)22(27)25-16-14-23(15-17-25)11-8-18-4-2-1-3-5-18/h1-5,19-20H,6-17H2. The van der Waals surface area contributed by atoms with Gasteiger partial charge in [0.2, 0.25) is 11.8 Å². The number of rotatable bonds is 5. The summed E-state index contributed by atoms with van der Waals surface area (Å²) in [6.45, 7) is 6.22. The third-order valence-electron chi connectivity index (χ3n) is 6.33. The van der Waals surface area contributed by atoms with Crippen molar-refractivity contribution in [1.82, 2.24) is 14.7 Å². The van der Waals surface area contributed by atoms with Crippen molar-refractivity contribution in [1.29, 1.82) is 0 Å². The van der Waals surface area contributed by atoms with Crippen LogP contribution in [0.3, 0.4) is 0 Å². The van der Waals surface area contributed by atoms with Gasteiger partial charge in [-0.25, -0.2) is 0 Å². The molecule has 2 saturated heterocycles. The summed E-state index contributed by atoms with van der Waals surface area (Å²) in [5.74, 6) is 1.05. The summed E-state index contributed by atoms with van der Waals surface area (Å²) in [6, 6.07) is 10.6. The molecule has 5 nitrogen and oxygen atoms in total. The third kappa shape index (κ3) is 4.70. The average Bonchev–Trinajstić information content (AvgIpc) is 3.58. The van der Waals surface area contributed by atoms with E-state index in [-0.39, 0.29) is 5.92 Å². The molecule has 2 heterocycles. The van der Waals surface area contributed by atoms with Crippen LogP contribution in [0.4, 0.5) is 0 Å². The van der Waals surface area contributed by atoms with Crippen LogP contribution in [0.15, 0.2) is 30.3 Å². The monoisotopic (exact) mass is 369 g/mol. The van der Waals surface area contributed by atoms with Crippen molar-refractivity contribution >= 4 is 11.8 Å². The topological polar surface area (TPSA) is 43.9 Å². The van der Waals surface area contributed by atoms with E-state index in [1.54, 1.807) is 0 Å². The van der Waals surface area contributed by atoms with Gasteiger partial charge < -0.3 is 9.80 Å². The molecule has 0 radical (unpaired) electrons. The summed E-state index contributed by atoms with van der Waals surface area (Å²) in [5, 5.41) is 0. The molecule has 27 heavy (non-hydrogen) atoms. The van der Waals surface area contributed by atoms with Gasteiger partial charge in [-0.2, -0.15) is 0 Å². The molecule has 5 heteroatoms. The van der Waals surface area contributed by atoms with E-state index in [0.717, 1.165) is 77.9 Å². The molecule has 146 valence electrons. The second-order valence-corrected chi connectivity index (χ2v) is 8.28. The molecular formula is C22H31N3O2. The Morgan fingerprint density at radius 3 is 1.89 bits per heavy atom. The Bertz CT molecular complexity index is 643. The number of benzene rings is 1. The highest BCUT2D eigenvalue weighted by atomic mass is 16.2. The molecule has 0 atom stereocenters. The Morgan fingerprint density at radius 1 is 0.741 bits per heavy atom. The Labute approximate surface area is 162 Å². The highest BCUT2D eigenvalue weighted by Crippen LogP contribution is 2.32. The minimum atomic E-state index is 0.115. The molecule has 3 aliphatic rings. The molecule has 1 saturated carbocycles. The van der Waals surface area contributed by atoms with Crippen molar-refractivity contribution < 1.29 is 9.59 Å². The van der Waals surface area contributed by atoms with Crippen LogP contribution < -0.4 is 0 Å². The van der Waals surface area contributed by atoms with Gasteiger partial charge in [-0.15, -0.1) is 0 Å². The van der Waals surface area contributed by atoms with E-state index in [0.29, 0.717) is 17.7 Å². The van der Waals surface area contributed by atoms with Crippen LogP contribution in [0.25, 0.3) is 0 Å². The summed E-state index contributed by atoms with van der Waals surface area (Å²) >= 11 is 0. The normalized spacial score (nSPS) is 22.1. The maximum absolute atomic E-state index is 12.9. The van der Waals surface area contributed by atoms with Gasteiger partial charge >= 0.3 is 0 Å². The molecule has 2 aliphatic heterocycles. The minimum Gasteiger partial charge on any atom is -0.342 e. The molecule has 1 aromatic rings. The van der Waals surface area contributed by atoms with E-state index < -0.39 is 0 Å². The van der Waals surface area contributed by atoms with Gasteiger partial charge in [0.25, 0.3) is 0 Å². The van der Waals surface area contributed by atoms with Gasteiger partial charge in [0, 0.05) is 57.6 Å². The van der Waals surface area contributed by atoms with Gasteiger partial charge in [-0.05, 0) is 37.7 Å². The second-order valence-electron chi connectivity index (χ2n) is 8.28. The van der Waals surface area contributed by atoms with Crippen molar-refractivity contribution in [3.8, 4) is 0 Å². The lowest BCUT2D eigenvalue weighted by Crippen LogP contribution is -2.52. The fourth-order valence-electron chi connectivity index (χ4n) is 4.32. The van der Waals surface area contributed by atoms with E-state index in [4.69, 9.17) is 0 Å². The summed E-state index contributed by atoms with van der Waals surface area (Å²) in [7, 11) is 0. The van der Waals surface area contributed by atoms with E-state index >= 15 is 0 Å². The lowest BCUT2D eigenvalue weighted by molar-refractivity contribution is -0.142. The van der Waals surface area contributed by atoms with Crippen LogP contribution in [0.1, 0.15) is 31.2 Å². The average molecular weight is 370 g/mol. The summed E-state index contributed by atoms with van der Waals surface area (Å²) in [6.07, 6.45) is 4.87. The SMILES string of the molecule is O=C(C1CC1)N1CCC(C(=O)N2CCN(CCc3ccccc3)CC2)CC1. The van der Waals surface area contributed by atoms with Crippen molar-refractivity contribution in [2.75, 3.05) is 45.8 Å². The Balaban J connectivity index is 1.18. The van der Waals surface area contributed by atoms with Crippen LogP contribution >= 0.6 is 0 Å². The lowest BCUT2D eigenvalue weighted by Gasteiger charge is -2.38. The molecule has 3 fully saturated rings. The van der Waals surface area contributed by atoms with E-state index in [2.05, 4.69) is 40.1 Å². The van der Waals surface area contributed by atoms with Crippen LogP contribution in [0.2, 0.25) is 0 Å². The number of piperidine rings is 1. The molecule has 0 aromatic heterocycles. The maximum atomic E-state index is 12.9.